The summed E-state index contributed by atoms with van der Waals surface area (Å²) in [5.41, 5.74) is 1.81. The quantitative estimate of drug-likeness (QED) is 0.649. The summed E-state index contributed by atoms with van der Waals surface area (Å²) in [6, 6.07) is 13.7. The zero-order chi connectivity index (χ0) is 20.6. The Morgan fingerprint density at radius 1 is 1.17 bits per heavy atom. The Labute approximate surface area is 174 Å². The maximum Gasteiger partial charge on any atom is 0.251 e. The summed E-state index contributed by atoms with van der Waals surface area (Å²) in [6.07, 6.45) is 3.64. The van der Waals surface area contributed by atoms with Crippen molar-refractivity contribution < 1.29 is 13.2 Å². The minimum Gasteiger partial charge on any atom is -0.349 e. The number of amides is 1. The minimum atomic E-state index is -3.76. The van der Waals surface area contributed by atoms with E-state index in [-0.39, 0.29) is 17.3 Å². The lowest BCUT2D eigenvalue weighted by molar-refractivity contribution is 0.0951. The van der Waals surface area contributed by atoms with E-state index in [1.165, 1.54) is 17.4 Å². The number of hydrogen-bond acceptors (Lipinski definition) is 4. The Morgan fingerprint density at radius 2 is 1.90 bits per heavy atom. The standard InChI is InChI=1S/C21H20ClN3O3S/c1-25(13-14-4-6-15(7-5-14)21(26)24-16-8-9-16)29(27,28)19-11-10-18(22)20-17(19)3-2-12-23-20/h2-7,10-12,16H,8-9,13H2,1H3,(H,24,26). The van der Waals surface area contributed by atoms with Crippen molar-refractivity contribution in [3.63, 3.8) is 0 Å². The van der Waals surface area contributed by atoms with Crippen molar-refractivity contribution in [2.75, 3.05) is 7.05 Å². The molecule has 0 saturated heterocycles. The maximum absolute atomic E-state index is 13.2. The van der Waals surface area contributed by atoms with E-state index in [2.05, 4.69) is 10.3 Å². The number of nitrogens with one attached hydrogen (secondary N) is 1. The fourth-order valence-electron chi connectivity index (χ4n) is 3.10. The van der Waals surface area contributed by atoms with Gasteiger partial charge in [0, 0.05) is 36.8 Å². The van der Waals surface area contributed by atoms with Crippen molar-refractivity contribution in [3.05, 3.63) is 70.9 Å². The molecule has 0 atom stereocenters. The molecule has 1 amide bonds. The molecule has 1 aliphatic rings. The van der Waals surface area contributed by atoms with Crippen LogP contribution in [0.25, 0.3) is 10.9 Å². The summed E-state index contributed by atoms with van der Waals surface area (Å²) in [6.45, 7) is 0.178. The van der Waals surface area contributed by atoms with Crippen molar-refractivity contribution in [1.29, 1.82) is 0 Å². The van der Waals surface area contributed by atoms with Crippen LogP contribution in [0.5, 0.6) is 0 Å². The van der Waals surface area contributed by atoms with Gasteiger partial charge in [-0.15, -0.1) is 0 Å². The Bertz CT molecular complexity index is 1180. The number of aromatic nitrogens is 1. The van der Waals surface area contributed by atoms with E-state index in [0.29, 0.717) is 27.5 Å². The average molecular weight is 430 g/mol. The molecule has 1 N–H and O–H groups in total. The molecule has 6 nitrogen and oxygen atoms in total. The van der Waals surface area contributed by atoms with Crippen LogP contribution in [0.3, 0.4) is 0 Å². The molecule has 4 rings (SSSR count). The zero-order valence-electron chi connectivity index (χ0n) is 15.8. The molecule has 0 unspecified atom stereocenters. The van der Waals surface area contributed by atoms with Gasteiger partial charge in [0.1, 0.15) is 0 Å². The van der Waals surface area contributed by atoms with E-state index in [9.17, 15) is 13.2 Å². The highest BCUT2D eigenvalue weighted by molar-refractivity contribution is 7.89. The molecule has 150 valence electrons. The van der Waals surface area contributed by atoms with Gasteiger partial charge in [0.15, 0.2) is 0 Å². The fraction of sp³-hybridized carbons (Fsp3) is 0.238. The molecule has 1 fully saturated rings. The van der Waals surface area contributed by atoms with Crippen LogP contribution in [-0.2, 0) is 16.6 Å². The van der Waals surface area contributed by atoms with Crippen LogP contribution in [0.2, 0.25) is 5.02 Å². The van der Waals surface area contributed by atoms with Crippen LogP contribution in [-0.4, -0.2) is 36.7 Å². The van der Waals surface area contributed by atoms with Crippen LogP contribution in [0.4, 0.5) is 0 Å². The average Bonchev–Trinajstić information content (AvgIpc) is 3.52. The molecule has 1 aliphatic carbocycles. The Morgan fingerprint density at radius 3 is 2.59 bits per heavy atom. The molecular weight excluding hydrogens is 410 g/mol. The van der Waals surface area contributed by atoms with E-state index >= 15 is 0 Å². The van der Waals surface area contributed by atoms with Crippen LogP contribution >= 0.6 is 11.6 Å². The molecule has 0 spiro atoms. The third kappa shape index (κ3) is 4.12. The molecule has 1 saturated carbocycles. The summed E-state index contributed by atoms with van der Waals surface area (Å²) in [7, 11) is -2.23. The maximum atomic E-state index is 13.2. The predicted octanol–water partition coefficient (Wildman–Crippen LogP) is 3.60. The number of carbonyl (C=O) groups is 1. The number of benzene rings is 2. The van der Waals surface area contributed by atoms with Gasteiger partial charge in [0.05, 0.1) is 15.4 Å². The number of nitrogens with zero attached hydrogens (tertiary/aromatic N) is 2. The van der Waals surface area contributed by atoms with Gasteiger partial charge in [0.2, 0.25) is 10.0 Å². The second kappa shape index (κ2) is 7.74. The van der Waals surface area contributed by atoms with Crippen molar-refractivity contribution >= 4 is 38.4 Å². The van der Waals surface area contributed by atoms with Gasteiger partial charge >= 0.3 is 0 Å². The van der Waals surface area contributed by atoms with Crippen LogP contribution in [0, 0.1) is 0 Å². The van der Waals surface area contributed by atoms with E-state index in [4.69, 9.17) is 11.6 Å². The van der Waals surface area contributed by atoms with Gasteiger partial charge in [-0.05, 0) is 54.8 Å². The summed E-state index contributed by atoms with van der Waals surface area (Å²) < 4.78 is 27.6. The third-order valence-electron chi connectivity index (χ3n) is 4.90. The topological polar surface area (TPSA) is 79.4 Å². The van der Waals surface area contributed by atoms with E-state index in [1.54, 1.807) is 48.7 Å². The Balaban J connectivity index is 1.55. The lowest BCUT2D eigenvalue weighted by Gasteiger charge is -2.19. The highest BCUT2D eigenvalue weighted by Gasteiger charge is 2.25. The van der Waals surface area contributed by atoms with E-state index in [1.807, 2.05) is 0 Å². The van der Waals surface area contributed by atoms with Gasteiger partial charge in [0.25, 0.3) is 5.91 Å². The monoisotopic (exact) mass is 429 g/mol. The fourth-order valence-corrected chi connectivity index (χ4v) is 4.66. The molecule has 1 heterocycles. The summed E-state index contributed by atoms with van der Waals surface area (Å²) in [5.74, 6) is -0.0971. The van der Waals surface area contributed by atoms with E-state index in [0.717, 1.165) is 18.4 Å². The van der Waals surface area contributed by atoms with Gasteiger partial charge in [-0.25, -0.2) is 8.42 Å². The normalized spacial score (nSPS) is 14.3. The number of carbonyl (C=O) groups excluding carboxylic acids is 1. The van der Waals surface area contributed by atoms with E-state index < -0.39 is 10.0 Å². The molecule has 8 heteroatoms. The first-order valence-corrected chi connectivity index (χ1v) is 11.1. The highest BCUT2D eigenvalue weighted by atomic mass is 35.5. The van der Waals surface area contributed by atoms with Crippen LogP contribution in [0.15, 0.2) is 59.6 Å². The molecule has 29 heavy (non-hydrogen) atoms. The number of rotatable bonds is 6. The van der Waals surface area contributed by atoms with Gasteiger partial charge < -0.3 is 5.32 Å². The number of sulfonamides is 1. The molecule has 2 aromatic carbocycles. The minimum absolute atomic E-state index is 0.0971. The van der Waals surface area contributed by atoms with Gasteiger partial charge in [-0.2, -0.15) is 4.31 Å². The van der Waals surface area contributed by atoms with Crippen molar-refractivity contribution in [2.24, 2.45) is 0 Å². The molecular formula is C21H20ClN3O3S. The van der Waals surface area contributed by atoms with Crippen molar-refractivity contribution in [3.8, 4) is 0 Å². The van der Waals surface area contributed by atoms with Gasteiger partial charge in [-0.1, -0.05) is 23.7 Å². The summed E-state index contributed by atoms with van der Waals surface area (Å²) in [5, 5.41) is 3.83. The zero-order valence-corrected chi connectivity index (χ0v) is 17.4. The third-order valence-corrected chi connectivity index (χ3v) is 7.07. The highest BCUT2D eigenvalue weighted by Crippen LogP contribution is 2.29. The SMILES string of the molecule is CN(Cc1ccc(C(=O)NC2CC2)cc1)S(=O)(=O)c1ccc(Cl)c2ncccc12. The molecule has 0 bridgehead atoms. The van der Waals surface area contributed by atoms with Crippen LogP contribution in [0.1, 0.15) is 28.8 Å². The number of halogens is 1. The molecule has 3 aromatic rings. The van der Waals surface area contributed by atoms with Crippen molar-refractivity contribution in [1.82, 2.24) is 14.6 Å². The van der Waals surface area contributed by atoms with Crippen molar-refractivity contribution in [2.45, 2.75) is 30.3 Å². The first-order chi connectivity index (χ1) is 13.9. The predicted molar refractivity (Wildman–Crippen MR) is 112 cm³/mol. The van der Waals surface area contributed by atoms with Crippen LogP contribution < -0.4 is 5.32 Å². The lowest BCUT2D eigenvalue weighted by Crippen LogP contribution is -2.27. The largest absolute Gasteiger partial charge is 0.349 e. The number of pyridine rings is 1. The van der Waals surface area contributed by atoms with Gasteiger partial charge in [-0.3, -0.25) is 9.78 Å². The second-order valence-electron chi connectivity index (χ2n) is 7.15. The number of fused-ring (bicyclic) bond motifs is 1. The lowest BCUT2D eigenvalue weighted by atomic mass is 10.1. The number of hydrogen-bond donors (Lipinski definition) is 1. The first-order valence-electron chi connectivity index (χ1n) is 9.25. The smallest absolute Gasteiger partial charge is 0.251 e. The summed E-state index contributed by atoms with van der Waals surface area (Å²) in [4.78, 5) is 16.4. The molecule has 1 aromatic heterocycles. The second-order valence-corrected chi connectivity index (χ2v) is 9.57. The first kappa shape index (κ1) is 19.8. The Kier molecular flexibility index (Phi) is 5.29. The molecule has 0 aliphatic heterocycles. The molecule has 0 radical (unpaired) electrons. The Hall–Kier alpha value is -2.48. The summed E-state index contributed by atoms with van der Waals surface area (Å²) >= 11 is 6.16.